The second-order valence-corrected chi connectivity index (χ2v) is 10.7. The van der Waals surface area contributed by atoms with E-state index in [1.165, 1.54) is 28.3 Å². The van der Waals surface area contributed by atoms with Gasteiger partial charge in [0.1, 0.15) is 4.21 Å². The highest BCUT2D eigenvalue weighted by Gasteiger charge is 2.36. The summed E-state index contributed by atoms with van der Waals surface area (Å²) in [6.07, 6.45) is 0.616. The first kappa shape index (κ1) is 22.7. The van der Waals surface area contributed by atoms with E-state index >= 15 is 0 Å². The Bertz CT molecular complexity index is 1030. The molecule has 1 aromatic carbocycles. The molecule has 3 rings (SSSR count). The molecule has 0 aliphatic carbocycles. The number of likely N-dealkylation sites (N-methyl/N-ethyl adjacent to an activating group) is 1. The number of ether oxygens (including phenoxy) is 1. The molecule has 0 amide bonds. The summed E-state index contributed by atoms with van der Waals surface area (Å²) in [5.41, 5.74) is 2.96. The van der Waals surface area contributed by atoms with Crippen molar-refractivity contribution in [1.82, 2.24) is 9.21 Å². The van der Waals surface area contributed by atoms with E-state index in [0.717, 1.165) is 29.1 Å². The molecule has 0 bridgehead atoms. The number of methoxy groups -OCH3 is 1. The molecule has 0 atom stereocenters. The number of sulfonamides is 1. The molecule has 6 nitrogen and oxygen atoms in total. The van der Waals surface area contributed by atoms with Gasteiger partial charge in [0, 0.05) is 37.6 Å². The summed E-state index contributed by atoms with van der Waals surface area (Å²) in [6.45, 7) is 10.1. The Labute approximate surface area is 182 Å². The van der Waals surface area contributed by atoms with Crippen molar-refractivity contribution in [2.45, 2.75) is 37.6 Å². The summed E-state index contributed by atoms with van der Waals surface area (Å²) in [5, 5.41) is 0. The predicted octanol–water partition coefficient (Wildman–Crippen LogP) is 3.68. The van der Waals surface area contributed by atoms with Crippen LogP contribution < -0.4 is 0 Å². The number of hydrogen-bond donors (Lipinski definition) is 0. The van der Waals surface area contributed by atoms with Crippen LogP contribution in [0.5, 0.6) is 0 Å². The molecule has 2 aromatic rings. The molecule has 1 aromatic heterocycles. The second kappa shape index (κ2) is 9.43. The molecule has 0 fully saturated rings. The number of hydrogen-bond acceptors (Lipinski definition) is 6. The summed E-state index contributed by atoms with van der Waals surface area (Å²) < 4.78 is 33.2. The first-order valence-electron chi connectivity index (χ1n) is 9.91. The van der Waals surface area contributed by atoms with Gasteiger partial charge in [0.25, 0.3) is 10.0 Å². The Hall–Kier alpha value is -2.00. The maximum atomic E-state index is 13.4. The largest absolute Gasteiger partial charge is 0.465 e. The maximum absolute atomic E-state index is 13.4. The molecule has 2 heterocycles. The number of nitrogens with zero attached hydrogens (tertiary/aromatic N) is 2. The van der Waals surface area contributed by atoms with Gasteiger partial charge in [-0.1, -0.05) is 49.4 Å². The first-order valence-corrected chi connectivity index (χ1v) is 12.2. The summed E-state index contributed by atoms with van der Waals surface area (Å²) in [5.74, 6) is -0.589. The van der Waals surface area contributed by atoms with Crippen molar-refractivity contribution in [3.05, 3.63) is 64.1 Å². The summed E-state index contributed by atoms with van der Waals surface area (Å²) in [4.78, 5) is 15.8. The second-order valence-electron chi connectivity index (χ2n) is 7.49. The maximum Gasteiger partial charge on any atom is 0.340 e. The third-order valence-corrected chi connectivity index (χ3v) is 8.75. The number of thiophene rings is 1. The highest BCUT2D eigenvalue weighted by atomic mass is 32.2. The minimum atomic E-state index is -3.83. The number of rotatable bonds is 8. The van der Waals surface area contributed by atoms with E-state index in [4.69, 9.17) is 4.74 Å². The fourth-order valence-corrected chi connectivity index (χ4v) is 7.26. The Morgan fingerprint density at radius 2 is 2.00 bits per heavy atom. The van der Waals surface area contributed by atoms with Crippen molar-refractivity contribution >= 4 is 27.3 Å². The van der Waals surface area contributed by atoms with E-state index < -0.39 is 16.0 Å². The lowest BCUT2D eigenvalue weighted by Crippen LogP contribution is -2.33. The standard InChI is InChI=1S/C22H28N2O4S2/c1-5-24(13-16(2)3)30(26,27)22-20(21(25)28-4)18-11-12-23(15-19(18)29-22)14-17-9-7-6-8-10-17/h6-10H,2,5,11-15H2,1,3-4H3. The van der Waals surface area contributed by atoms with Crippen LogP contribution >= 0.6 is 11.3 Å². The molecule has 0 unspecified atom stereocenters. The van der Waals surface area contributed by atoms with E-state index in [1.54, 1.807) is 13.8 Å². The van der Waals surface area contributed by atoms with Gasteiger partial charge in [0.2, 0.25) is 0 Å². The zero-order valence-electron chi connectivity index (χ0n) is 17.7. The fraction of sp³-hybridized carbons (Fsp3) is 0.409. The van der Waals surface area contributed by atoms with E-state index in [2.05, 4.69) is 23.6 Å². The zero-order chi connectivity index (χ0) is 21.9. The molecule has 1 aliphatic rings. The first-order chi connectivity index (χ1) is 14.3. The lowest BCUT2D eigenvalue weighted by atomic mass is 10.0. The monoisotopic (exact) mass is 448 g/mol. The third-order valence-electron chi connectivity index (χ3n) is 5.12. The van der Waals surface area contributed by atoms with Gasteiger partial charge < -0.3 is 4.74 Å². The molecular weight excluding hydrogens is 420 g/mol. The predicted molar refractivity (Wildman–Crippen MR) is 119 cm³/mol. The molecule has 0 saturated heterocycles. The molecule has 0 radical (unpaired) electrons. The van der Waals surface area contributed by atoms with Crippen LogP contribution in [0, 0.1) is 0 Å². The van der Waals surface area contributed by atoms with Gasteiger partial charge in [-0.05, 0) is 24.5 Å². The van der Waals surface area contributed by atoms with E-state index in [9.17, 15) is 13.2 Å². The van der Waals surface area contributed by atoms with E-state index in [1.807, 2.05) is 18.2 Å². The topological polar surface area (TPSA) is 66.9 Å². The quantitative estimate of drug-likeness (QED) is 0.455. The van der Waals surface area contributed by atoms with E-state index in [0.29, 0.717) is 19.5 Å². The highest BCUT2D eigenvalue weighted by molar-refractivity contribution is 7.91. The van der Waals surface area contributed by atoms with Crippen molar-refractivity contribution in [2.75, 3.05) is 26.7 Å². The van der Waals surface area contributed by atoms with Gasteiger partial charge in [-0.2, -0.15) is 4.31 Å². The van der Waals surface area contributed by atoms with Crippen LogP contribution in [0.4, 0.5) is 0 Å². The average molecular weight is 449 g/mol. The normalized spacial score (nSPS) is 14.5. The van der Waals surface area contributed by atoms with Crippen LogP contribution in [-0.4, -0.2) is 50.3 Å². The van der Waals surface area contributed by atoms with Crippen molar-refractivity contribution in [3.8, 4) is 0 Å². The van der Waals surface area contributed by atoms with Gasteiger partial charge in [-0.25, -0.2) is 13.2 Å². The van der Waals surface area contributed by atoms with Crippen LogP contribution in [0.15, 0.2) is 46.7 Å². The molecule has 0 spiro atoms. The summed E-state index contributed by atoms with van der Waals surface area (Å²) in [6, 6.07) is 10.2. The molecule has 0 saturated carbocycles. The lowest BCUT2D eigenvalue weighted by molar-refractivity contribution is 0.0595. The van der Waals surface area contributed by atoms with E-state index in [-0.39, 0.29) is 16.3 Å². The molecule has 8 heteroatoms. The van der Waals surface area contributed by atoms with Gasteiger partial charge in [-0.15, -0.1) is 11.3 Å². The number of carbonyl (C=O) groups is 1. The number of fused-ring (bicyclic) bond motifs is 1. The zero-order valence-corrected chi connectivity index (χ0v) is 19.3. The van der Waals surface area contributed by atoms with Crippen LogP contribution in [-0.2, 0) is 34.3 Å². The SMILES string of the molecule is C=C(C)CN(CC)S(=O)(=O)c1sc2c(c1C(=O)OC)CCN(Cc1ccccc1)C2. The number of carbonyl (C=O) groups excluding carboxylic acids is 1. The fourth-order valence-electron chi connectivity index (χ4n) is 3.68. The number of benzene rings is 1. The van der Waals surface area contributed by atoms with Gasteiger partial charge in [-0.3, -0.25) is 4.90 Å². The molecule has 0 N–H and O–H groups in total. The smallest absolute Gasteiger partial charge is 0.340 e. The van der Waals surface area contributed by atoms with Crippen molar-refractivity contribution in [1.29, 1.82) is 0 Å². The summed E-state index contributed by atoms with van der Waals surface area (Å²) in [7, 11) is -2.54. The number of esters is 1. The molecule has 162 valence electrons. The molecule has 30 heavy (non-hydrogen) atoms. The Balaban J connectivity index is 1.98. The van der Waals surface area contributed by atoms with Crippen LogP contribution in [0.1, 0.15) is 40.2 Å². The Morgan fingerprint density at radius 3 is 2.60 bits per heavy atom. The Morgan fingerprint density at radius 1 is 1.30 bits per heavy atom. The van der Waals surface area contributed by atoms with Crippen LogP contribution in [0.25, 0.3) is 0 Å². The minimum Gasteiger partial charge on any atom is -0.465 e. The van der Waals surface area contributed by atoms with Crippen molar-refractivity contribution in [2.24, 2.45) is 0 Å². The summed E-state index contributed by atoms with van der Waals surface area (Å²) >= 11 is 1.20. The van der Waals surface area contributed by atoms with Crippen LogP contribution in [0.2, 0.25) is 0 Å². The highest BCUT2D eigenvalue weighted by Crippen LogP contribution is 2.38. The van der Waals surface area contributed by atoms with Gasteiger partial charge in [0.15, 0.2) is 0 Å². The third kappa shape index (κ3) is 4.67. The lowest BCUT2D eigenvalue weighted by Gasteiger charge is -2.27. The minimum absolute atomic E-state index is 0.0870. The molecule has 1 aliphatic heterocycles. The van der Waals surface area contributed by atoms with Crippen molar-refractivity contribution < 1.29 is 17.9 Å². The van der Waals surface area contributed by atoms with Crippen LogP contribution in [0.3, 0.4) is 0 Å². The Kier molecular flexibility index (Phi) is 7.13. The van der Waals surface area contributed by atoms with Gasteiger partial charge >= 0.3 is 5.97 Å². The average Bonchev–Trinajstić information content (AvgIpc) is 3.11. The van der Waals surface area contributed by atoms with Crippen molar-refractivity contribution in [3.63, 3.8) is 0 Å². The molecular formula is C22H28N2O4S2. The van der Waals surface area contributed by atoms with Gasteiger partial charge in [0.05, 0.1) is 12.7 Å².